The Morgan fingerprint density at radius 1 is 0.968 bits per heavy atom. The third kappa shape index (κ3) is 3.90. The summed E-state index contributed by atoms with van der Waals surface area (Å²) in [5, 5.41) is 0. The Hall–Kier alpha value is 0.110. The molecule has 0 radical (unpaired) electrons. The highest BCUT2D eigenvalue weighted by Gasteiger charge is 2.57. The van der Waals surface area contributed by atoms with Crippen LogP contribution in [-0.4, -0.2) is 15.4 Å². The van der Waals surface area contributed by atoms with Crippen LogP contribution in [0.5, 0.6) is 0 Å². The first-order chi connectivity index (χ1) is 14.5. The van der Waals surface area contributed by atoms with Crippen LogP contribution >= 0.6 is 31.9 Å². The fourth-order valence-corrected chi connectivity index (χ4v) is 9.87. The number of carbonyl (C=O) groups excluding carboxylic acids is 1. The highest BCUT2D eigenvalue weighted by atomic mass is 79.9. The average Bonchev–Trinajstić information content (AvgIpc) is 3.09. The number of fused-ring (bicyclic) bond motifs is 5. The Balaban J connectivity index is 1.57. The van der Waals surface area contributed by atoms with E-state index in [1.54, 1.807) is 5.57 Å². The summed E-state index contributed by atoms with van der Waals surface area (Å²) in [6.07, 6.45) is 12.8. The number of allylic oxidation sites excluding steroid dienone is 4. The predicted octanol–water partition coefficient (Wildman–Crippen LogP) is 8.51. The summed E-state index contributed by atoms with van der Waals surface area (Å²) in [5.41, 5.74) is 3.85. The van der Waals surface area contributed by atoms with Gasteiger partial charge in [-0.2, -0.15) is 0 Å². The topological polar surface area (TPSA) is 17.1 Å². The Kier molecular flexibility index (Phi) is 6.81. The number of halogens is 2. The minimum atomic E-state index is 0.231. The van der Waals surface area contributed by atoms with Crippen molar-refractivity contribution in [2.24, 2.45) is 46.3 Å². The molecule has 31 heavy (non-hydrogen) atoms. The predicted molar refractivity (Wildman–Crippen MR) is 139 cm³/mol. The summed E-state index contributed by atoms with van der Waals surface area (Å²) in [7, 11) is 0. The molecular weight excluding hydrogens is 512 g/mol. The summed E-state index contributed by atoms with van der Waals surface area (Å²) < 4.78 is 0. The smallest absolute Gasteiger partial charge is 0.155 e. The SMILES string of the molecule is CC(C)[C@@H](C)[C@H](Br)[C@H](Br)[C@@H](C)[C@@H]1CC[C@@H]2C3=CCC4=CC(=O)CC[C@]4(C)[C@@H]3CC[C@@]21C. The van der Waals surface area contributed by atoms with Crippen LogP contribution in [0.4, 0.5) is 0 Å². The van der Waals surface area contributed by atoms with Crippen LogP contribution in [0.25, 0.3) is 0 Å². The number of hydrogen-bond acceptors (Lipinski definition) is 1. The van der Waals surface area contributed by atoms with Crippen molar-refractivity contribution in [2.45, 2.75) is 96.1 Å². The minimum absolute atomic E-state index is 0.231. The van der Waals surface area contributed by atoms with Gasteiger partial charge >= 0.3 is 0 Å². The molecule has 0 bridgehead atoms. The lowest BCUT2D eigenvalue weighted by Crippen LogP contribution is -2.47. The molecule has 0 unspecified atom stereocenters. The van der Waals surface area contributed by atoms with Gasteiger partial charge < -0.3 is 0 Å². The maximum Gasteiger partial charge on any atom is 0.155 e. The normalized spacial score (nSPS) is 41.5. The van der Waals surface area contributed by atoms with Crippen LogP contribution in [0.2, 0.25) is 0 Å². The van der Waals surface area contributed by atoms with Crippen molar-refractivity contribution in [1.82, 2.24) is 0 Å². The molecule has 0 spiro atoms. The van der Waals surface area contributed by atoms with E-state index in [4.69, 9.17) is 0 Å². The minimum Gasteiger partial charge on any atom is -0.295 e. The van der Waals surface area contributed by atoms with Gasteiger partial charge in [0.2, 0.25) is 0 Å². The van der Waals surface area contributed by atoms with Crippen molar-refractivity contribution in [1.29, 1.82) is 0 Å². The van der Waals surface area contributed by atoms with E-state index < -0.39 is 0 Å². The zero-order chi connectivity index (χ0) is 22.7. The molecule has 0 saturated heterocycles. The van der Waals surface area contributed by atoms with E-state index in [9.17, 15) is 4.79 Å². The molecule has 0 aromatic rings. The van der Waals surface area contributed by atoms with Gasteiger partial charge in [0.15, 0.2) is 5.78 Å². The van der Waals surface area contributed by atoms with Crippen LogP contribution < -0.4 is 0 Å². The van der Waals surface area contributed by atoms with E-state index in [-0.39, 0.29) is 5.41 Å². The van der Waals surface area contributed by atoms with E-state index in [2.05, 4.69) is 79.5 Å². The highest BCUT2D eigenvalue weighted by Crippen LogP contribution is 2.66. The van der Waals surface area contributed by atoms with Gasteiger partial charge in [-0.25, -0.2) is 0 Å². The molecule has 4 rings (SSSR count). The Bertz CT molecular complexity index is 782. The molecular formula is C28H42Br2O. The lowest BCUT2D eigenvalue weighted by Gasteiger charge is -2.55. The zero-order valence-corrected chi connectivity index (χ0v) is 23.6. The maximum absolute atomic E-state index is 12.1. The maximum atomic E-state index is 12.1. The summed E-state index contributed by atoms with van der Waals surface area (Å²) >= 11 is 8.23. The molecule has 0 heterocycles. The first-order valence-corrected chi connectivity index (χ1v) is 14.6. The summed E-state index contributed by atoms with van der Waals surface area (Å²) in [6.45, 7) is 14.7. The zero-order valence-electron chi connectivity index (χ0n) is 20.4. The molecule has 3 heteroatoms. The average molecular weight is 554 g/mol. The van der Waals surface area contributed by atoms with Crippen molar-refractivity contribution in [2.75, 3.05) is 0 Å². The van der Waals surface area contributed by atoms with Crippen LogP contribution in [0.3, 0.4) is 0 Å². The van der Waals surface area contributed by atoms with Crippen molar-refractivity contribution >= 4 is 37.6 Å². The lowest BCUT2D eigenvalue weighted by molar-refractivity contribution is -0.116. The number of carbonyl (C=O) groups is 1. The molecule has 9 atom stereocenters. The van der Waals surface area contributed by atoms with Gasteiger partial charge in [0, 0.05) is 16.1 Å². The molecule has 0 amide bonds. The molecule has 0 aromatic heterocycles. The van der Waals surface area contributed by atoms with Gasteiger partial charge in [0.1, 0.15) is 0 Å². The van der Waals surface area contributed by atoms with Crippen LogP contribution in [0, 0.1) is 46.3 Å². The molecule has 1 nitrogen and oxygen atoms in total. The van der Waals surface area contributed by atoms with E-state index >= 15 is 0 Å². The van der Waals surface area contributed by atoms with Gasteiger partial charge in [-0.1, -0.05) is 90.6 Å². The third-order valence-electron chi connectivity index (χ3n) is 10.5. The lowest BCUT2D eigenvalue weighted by atomic mass is 9.49. The Labute approximate surface area is 207 Å². The molecule has 2 saturated carbocycles. The van der Waals surface area contributed by atoms with Crippen molar-refractivity contribution < 1.29 is 4.79 Å². The van der Waals surface area contributed by atoms with E-state index in [1.807, 2.05) is 6.08 Å². The fourth-order valence-electron chi connectivity index (χ4n) is 7.93. The summed E-state index contributed by atoms with van der Waals surface area (Å²) in [4.78, 5) is 13.1. The standard InChI is InChI=1S/C28H42Br2O/c1-16(2)17(3)25(29)26(30)18(4)22-9-10-23-21-8-7-19-15-20(31)11-13-27(19,5)24(21)12-14-28(22,23)6/h8,15-18,22-26H,7,9-14H2,1-6H3/t17-,18+,22+,23-,24-,25+,26-,27+,28-/m1/s1. The van der Waals surface area contributed by atoms with E-state index in [1.165, 1.54) is 31.3 Å². The van der Waals surface area contributed by atoms with Gasteiger partial charge in [-0.15, -0.1) is 0 Å². The first kappa shape index (κ1) is 24.2. The van der Waals surface area contributed by atoms with Gasteiger partial charge in [-0.3, -0.25) is 4.79 Å². The van der Waals surface area contributed by atoms with Crippen LogP contribution in [0.1, 0.15) is 86.5 Å². The molecule has 4 aliphatic rings. The van der Waals surface area contributed by atoms with Crippen LogP contribution in [-0.2, 0) is 4.79 Å². The molecule has 2 fully saturated rings. The van der Waals surface area contributed by atoms with Gasteiger partial charge in [0.25, 0.3) is 0 Å². The van der Waals surface area contributed by atoms with Gasteiger partial charge in [-0.05, 0) is 90.9 Å². The molecule has 0 N–H and O–H groups in total. The number of hydrogen-bond donors (Lipinski definition) is 0. The summed E-state index contributed by atoms with van der Waals surface area (Å²) in [5.74, 6) is 4.55. The highest BCUT2D eigenvalue weighted by molar-refractivity contribution is 9.12. The van der Waals surface area contributed by atoms with Crippen molar-refractivity contribution in [3.05, 3.63) is 23.3 Å². The Morgan fingerprint density at radius 3 is 2.35 bits per heavy atom. The molecule has 0 aromatic carbocycles. The quantitative estimate of drug-likeness (QED) is 0.246. The monoisotopic (exact) mass is 552 g/mol. The third-order valence-corrected chi connectivity index (χ3v) is 14.0. The Morgan fingerprint density at radius 2 is 1.68 bits per heavy atom. The second-order valence-corrected chi connectivity index (χ2v) is 14.3. The first-order valence-electron chi connectivity index (χ1n) is 12.7. The van der Waals surface area contributed by atoms with Gasteiger partial charge in [0.05, 0.1) is 0 Å². The molecule has 0 aliphatic heterocycles. The van der Waals surface area contributed by atoms with Crippen molar-refractivity contribution in [3.8, 4) is 0 Å². The fraction of sp³-hybridized carbons (Fsp3) is 0.821. The number of ketones is 1. The van der Waals surface area contributed by atoms with Crippen LogP contribution in [0.15, 0.2) is 23.3 Å². The second kappa shape index (κ2) is 8.71. The number of alkyl halides is 2. The van der Waals surface area contributed by atoms with E-state index in [0.717, 1.165) is 31.1 Å². The van der Waals surface area contributed by atoms with Crippen molar-refractivity contribution in [3.63, 3.8) is 0 Å². The second-order valence-electron chi connectivity index (χ2n) is 12.1. The molecule has 174 valence electrons. The summed E-state index contributed by atoms with van der Waals surface area (Å²) in [6, 6.07) is 0. The van der Waals surface area contributed by atoms with E-state index in [0.29, 0.717) is 44.5 Å². The largest absolute Gasteiger partial charge is 0.295 e. The molecule has 4 aliphatic carbocycles. The number of rotatable bonds is 5.